The summed E-state index contributed by atoms with van der Waals surface area (Å²) in [4.78, 5) is 13.0. The number of amides is 1. The molecule has 0 aliphatic rings. The van der Waals surface area contributed by atoms with E-state index in [1.54, 1.807) is 50.4 Å². The van der Waals surface area contributed by atoms with Crippen molar-refractivity contribution < 1.29 is 22.7 Å². The second-order valence-corrected chi connectivity index (χ2v) is 9.58. The fourth-order valence-corrected chi connectivity index (χ4v) is 4.61. The average molecular weight is 449 g/mol. The molecule has 2 rings (SSSR count). The number of aryl methyl sites for hydroxylation is 2. The highest BCUT2D eigenvalue weighted by molar-refractivity contribution is 7.92. The maximum Gasteiger partial charge on any atom is 0.244 e. The Balaban J connectivity index is 2.13. The van der Waals surface area contributed by atoms with Crippen molar-refractivity contribution in [3.63, 3.8) is 0 Å². The predicted octanol–water partition coefficient (Wildman–Crippen LogP) is 3.44. The normalized spacial score (nSPS) is 13.2. The number of nitrogens with one attached hydrogen (secondary N) is 1. The highest BCUT2D eigenvalue weighted by Crippen LogP contribution is 2.25. The van der Waals surface area contributed by atoms with Crippen LogP contribution in [0.2, 0.25) is 0 Å². The number of sulfonamides is 1. The van der Waals surface area contributed by atoms with Crippen LogP contribution in [-0.2, 0) is 14.8 Å². The number of carbonyl (C=O) groups is 1. The van der Waals surface area contributed by atoms with E-state index in [9.17, 15) is 13.2 Å². The van der Waals surface area contributed by atoms with Gasteiger partial charge in [0.25, 0.3) is 0 Å². The molecule has 7 nitrogen and oxygen atoms in total. The molecule has 0 fully saturated rings. The standard InChI is InChI=1S/C23H32N2O5S/c1-7-22(25(31(6,27)28)19-13-16(2)12-17(3)14-19)23(26)24-18(4)15-30-21-10-8-20(29-5)9-11-21/h8-14,18,22H,7,15H2,1-6H3,(H,24,26)/t18-,22+/m0/s1. The number of benzene rings is 2. The van der Waals surface area contributed by atoms with Gasteiger partial charge in [0.05, 0.1) is 25.1 Å². The highest BCUT2D eigenvalue weighted by atomic mass is 32.2. The first-order valence-electron chi connectivity index (χ1n) is 10.2. The van der Waals surface area contributed by atoms with Gasteiger partial charge in [0.15, 0.2) is 0 Å². The first-order valence-corrected chi connectivity index (χ1v) is 12.0. The number of carbonyl (C=O) groups excluding carboxylic acids is 1. The van der Waals surface area contributed by atoms with E-state index in [0.717, 1.165) is 23.1 Å². The number of hydrogen-bond donors (Lipinski definition) is 1. The van der Waals surface area contributed by atoms with Crippen LogP contribution in [0.15, 0.2) is 42.5 Å². The largest absolute Gasteiger partial charge is 0.497 e. The van der Waals surface area contributed by atoms with Gasteiger partial charge in [0.1, 0.15) is 24.1 Å². The maximum absolute atomic E-state index is 13.0. The van der Waals surface area contributed by atoms with E-state index in [1.165, 1.54) is 4.31 Å². The molecule has 31 heavy (non-hydrogen) atoms. The minimum absolute atomic E-state index is 0.247. The molecule has 8 heteroatoms. The Bertz CT molecular complexity index is 969. The van der Waals surface area contributed by atoms with Crippen LogP contribution in [-0.4, -0.2) is 46.4 Å². The number of ether oxygens (including phenoxy) is 2. The first-order chi connectivity index (χ1) is 14.5. The molecule has 0 spiro atoms. The molecule has 0 saturated carbocycles. The van der Waals surface area contributed by atoms with Gasteiger partial charge in [-0.25, -0.2) is 8.42 Å². The molecular weight excluding hydrogens is 416 g/mol. The lowest BCUT2D eigenvalue weighted by atomic mass is 10.1. The zero-order valence-electron chi connectivity index (χ0n) is 19.0. The quantitative estimate of drug-likeness (QED) is 0.602. The predicted molar refractivity (Wildman–Crippen MR) is 123 cm³/mol. The number of anilines is 1. The number of rotatable bonds is 10. The summed E-state index contributed by atoms with van der Waals surface area (Å²) in [5.41, 5.74) is 2.35. The molecule has 0 aliphatic heterocycles. The van der Waals surface area contributed by atoms with Crippen LogP contribution in [0.1, 0.15) is 31.4 Å². The Kier molecular flexibility index (Phi) is 8.33. The molecule has 170 valence electrons. The molecule has 2 atom stereocenters. The third-order valence-corrected chi connectivity index (χ3v) is 5.92. The van der Waals surface area contributed by atoms with Gasteiger partial charge in [0, 0.05) is 0 Å². The Morgan fingerprint density at radius 2 is 1.61 bits per heavy atom. The minimum Gasteiger partial charge on any atom is -0.497 e. The average Bonchev–Trinajstić information content (AvgIpc) is 2.68. The van der Waals surface area contributed by atoms with E-state index in [0.29, 0.717) is 17.9 Å². The van der Waals surface area contributed by atoms with Crippen molar-refractivity contribution in [3.8, 4) is 11.5 Å². The van der Waals surface area contributed by atoms with Crippen LogP contribution in [0.5, 0.6) is 11.5 Å². The van der Waals surface area contributed by atoms with Crippen molar-refractivity contribution in [2.24, 2.45) is 0 Å². The summed E-state index contributed by atoms with van der Waals surface area (Å²) >= 11 is 0. The molecule has 0 aromatic heterocycles. The van der Waals surface area contributed by atoms with Gasteiger partial charge in [0.2, 0.25) is 15.9 Å². The zero-order valence-corrected chi connectivity index (χ0v) is 19.8. The van der Waals surface area contributed by atoms with Gasteiger partial charge >= 0.3 is 0 Å². The molecule has 0 bridgehead atoms. The van der Waals surface area contributed by atoms with Crippen molar-refractivity contribution in [1.29, 1.82) is 0 Å². The number of nitrogens with zero attached hydrogens (tertiary/aromatic N) is 1. The van der Waals surface area contributed by atoms with Gasteiger partial charge in [-0.1, -0.05) is 13.0 Å². The fraction of sp³-hybridized carbons (Fsp3) is 0.435. The van der Waals surface area contributed by atoms with Crippen molar-refractivity contribution in [1.82, 2.24) is 5.32 Å². The topological polar surface area (TPSA) is 84.9 Å². The Hall–Kier alpha value is -2.74. The molecule has 1 amide bonds. The van der Waals surface area contributed by atoms with E-state index in [-0.39, 0.29) is 18.6 Å². The first kappa shape index (κ1) is 24.5. The molecule has 0 aliphatic carbocycles. The highest BCUT2D eigenvalue weighted by Gasteiger charge is 2.32. The van der Waals surface area contributed by atoms with Crippen molar-refractivity contribution >= 4 is 21.6 Å². The van der Waals surface area contributed by atoms with Crippen LogP contribution < -0.4 is 19.1 Å². The van der Waals surface area contributed by atoms with Crippen LogP contribution >= 0.6 is 0 Å². The summed E-state index contributed by atoms with van der Waals surface area (Å²) in [5, 5.41) is 2.88. The second kappa shape index (κ2) is 10.5. The number of methoxy groups -OCH3 is 1. The van der Waals surface area contributed by atoms with Crippen LogP contribution in [0.4, 0.5) is 5.69 Å². The summed E-state index contributed by atoms with van der Waals surface area (Å²) in [5.74, 6) is 1.02. The summed E-state index contributed by atoms with van der Waals surface area (Å²) in [6.07, 6.45) is 1.45. The zero-order chi connectivity index (χ0) is 23.2. The molecule has 0 unspecified atom stereocenters. The van der Waals surface area contributed by atoms with Gasteiger partial charge in [-0.05, 0) is 74.7 Å². The van der Waals surface area contributed by atoms with E-state index >= 15 is 0 Å². The molecule has 0 saturated heterocycles. The summed E-state index contributed by atoms with van der Waals surface area (Å²) < 4.78 is 37.3. The van der Waals surface area contributed by atoms with Crippen molar-refractivity contribution in [2.75, 3.05) is 24.3 Å². The lowest BCUT2D eigenvalue weighted by Crippen LogP contribution is -2.52. The molecule has 1 N–H and O–H groups in total. The van der Waals surface area contributed by atoms with Gasteiger partial charge in [-0.3, -0.25) is 9.10 Å². The maximum atomic E-state index is 13.0. The molecule has 0 heterocycles. The monoisotopic (exact) mass is 448 g/mol. The molecule has 0 radical (unpaired) electrons. The molecule has 2 aromatic carbocycles. The van der Waals surface area contributed by atoms with Gasteiger partial charge in [-0.15, -0.1) is 0 Å². The lowest BCUT2D eigenvalue weighted by molar-refractivity contribution is -0.123. The second-order valence-electron chi connectivity index (χ2n) is 7.72. The Labute approximate surface area is 185 Å². The number of hydrogen-bond acceptors (Lipinski definition) is 5. The lowest BCUT2D eigenvalue weighted by Gasteiger charge is -2.31. The van der Waals surface area contributed by atoms with E-state index in [4.69, 9.17) is 9.47 Å². The van der Waals surface area contributed by atoms with E-state index in [1.807, 2.05) is 26.8 Å². The van der Waals surface area contributed by atoms with Crippen LogP contribution in [0, 0.1) is 13.8 Å². The van der Waals surface area contributed by atoms with Gasteiger partial charge in [-0.2, -0.15) is 0 Å². The van der Waals surface area contributed by atoms with Gasteiger partial charge < -0.3 is 14.8 Å². The Morgan fingerprint density at radius 1 is 1.06 bits per heavy atom. The minimum atomic E-state index is -3.68. The Morgan fingerprint density at radius 3 is 2.10 bits per heavy atom. The van der Waals surface area contributed by atoms with Crippen LogP contribution in [0.3, 0.4) is 0 Å². The summed E-state index contributed by atoms with van der Waals surface area (Å²) in [6, 6.07) is 11.5. The van der Waals surface area contributed by atoms with Crippen LogP contribution in [0.25, 0.3) is 0 Å². The third kappa shape index (κ3) is 6.89. The SMILES string of the molecule is CC[C@H](C(=O)N[C@@H](C)COc1ccc(OC)cc1)N(c1cc(C)cc(C)c1)S(C)(=O)=O. The molecular formula is C23H32N2O5S. The van der Waals surface area contributed by atoms with Crippen molar-refractivity contribution in [3.05, 3.63) is 53.6 Å². The summed E-state index contributed by atoms with van der Waals surface area (Å²) in [7, 11) is -2.08. The van der Waals surface area contributed by atoms with E-state index in [2.05, 4.69) is 5.32 Å². The van der Waals surface area contributed by atoms with Crippen molar-refractivity contribution in [2.45, 2.75) is 46.2 Å². The van der Waals surface area contributed by atoms with E-state index < -0.39 is 16.1 Å². The smallest absolute Gasteiger partial charge is 0.244 e. The fourth-order valence-electron chi connectivity index (χ4n) is 3.41. The summed E-state index contributed by atoms with van der Waals surface area (Å²) in [6.45, 7) is 7.66. The molecule has 2 aromatic rings. The third-order valence-electron chi connectivity index (χ3n) is 4.74.